The number of nitrogens with zero attached hydrogens (tertiary/aromatic N) is 1. The third kappa shape index (κ3) is 3.68. The van der Waals surface area contributed by atoms with Crippen molar-refractivity contribution in [2.24, 2.45) is 12.5 Å². The Morgan fingerprint density at radius 1 is 1.27 bits per heavy atom. The predicted molar refractivity (Wildman–Crippen MR) is 99.4 cm³/mol. The lowest BCUT2D eigenvalue weighted by molar-refractivity contribution is -0.120. The van der Waals surface area contributed by atoms with E-state index in [1.807, 2.05) is 0 Å². The molecule has 0 N–H and O–H groups in total. The number of aromatic nitrogens is 1. The number of aryl methyl sites for hydroxylation is 2. The summed E-state index contributed by atoms with van der Waals surface area (Å²) in [5.74, 6) is 0.587. The van der Waals surface area contributed by atoms with Gasteiger partial charge in [0.1, 0.15) is 5.75 Å². The van der Waals surface area contributed by atoms with E-state index in [9.17, 15) is 13.2 Å². The van der Waals surface area contributed by atoms with Crippen LogP contribution in [0.2, 0.25) is 0 Å². The quantitative estimate of drug-likeness (QED) is 0.798. The molecule has 2 heterocycles. The largest absolute Gasteiger partial charge is 0.492 e. The Hall–Kier alpha value is -2.12. The van der Waals surface area contributed by atoms with E-state index < -0.39 is 9.84 Å². The van der Waals surface area contributed by atoms with Gasteiger partial charge in [0, 0.05) is 41.6 Å². The maximum atomic E-state index is 12.0. The van der Waals surface area contributed by atoms with E-state index in [1.165, 1.54) is 10.8 Å². The van der Waals surface area contributed by atoms with E-state index in [2.05, 4.69) is 6.92 Å². The van der Waals surface area contributed by atoms with Crippen molar-refractivity contribution in [1.29, 1.82) is 0 Å². The lowest BCUT2D eigenvalue weighted by atomic mass is 9.90. The maximum absolute atomic E-state index is 12.0. The van der Waals surface area contributed by atoms with E-state index in [0.29, 0.717) is 36.7 Å². The van der Waals surface area contributed by atoms with Gasteiger partial charge in [-0.15, -0.1) is 0 Å². The first-order valence-electron chi connectivity index (χ1n) is 8.31. The summed E-state index contributed by atoms with van der Waals surface area (Å²) in [4.78, 5) is 12.2. The molecule has 0 spiro atoms. The summed E-state index contributed by atoms with van der Waals surface area (Å²) in [5, 5.41) is 0. The molecule has 0 saturated carbocycles. The fraction of sp³-hybridized carbons (Fsp3) is 0.421. The summed E-state index contributed by atoms with van der Waals surface area (Å²) in [6.45, 7) is 5.57. The predicted octanol–water partition coefficient (Wildman–Crippen LogP) is 2.18. The molecule has 0 amide bonds. The van der Waals surface area contributed by atoms with Gasteiger partial charge in [-0.2, -0.15) is 0 Å². The van der Waals surface area contributed by atoms with Crippen LogP contribution < -0.4 is 10.3 Å². The van der Waals surface area contributed by atoms with Crippen LogP contribution in [0.15, 0.2) is 40.2 Å². The third-order valence-corrected chi connectivity index (χ3v) is 5.64. The minimum Gasteiger partial charge on any atom is -0.492 e. The van der Waals surface area contributed by atoms with Gasteiger partial charge in [0.25, 0.3) is 5.56 Å². The number of hydrogen-bond donors (Lipinski definition) is 0. The van der Waals surface area contributed by atoms with Gasteiger partial charge in [-0.1, -0.05) is 6.92 Å². The van der Waals surface area contributed by atoms with Crippen molar-refractivity contribution >= 4 is 9.84 Å². The number of hydrogen-bond acceptors (Lipinski definition) is 5. The minimum atomic E-state index is -3.36. The topological polar surface area (TPSA) is 74.6 Å². The van der Waals surface area contributed by atoms with Crippen molar-refractivity contribution in [1.82, 2.24) is 4.57 Å². The number of rotatable bonds is 5. The monoisotopic (exact) mass is 377 g/mol. The highest BCUT2D eigenvalue weighted by Crippen LogP contribution is 2.35. The molecular weight excluding hydrogens is 354 g/mol. The van der Waals surface area contributed by atoms with Crippen LogP contribution in [-0.4, -0.2) is 39.1 Å². The fourth-order valence-corrected chi connectivity index (χ4v) is 3.55. The highest BCUT2D eigenvalue weighted by molar-refractivity contribution is 7.90. The molecule has 1 saturated heterocycles. The Kier molecular flexibility index (Phi) is 4.71. The smallest absolute Gasteiger partial charge is 0.253 e. The Morgan fingerprint density at radius 3 is 2.50 bits per heavy atom. The van der Waals surface area contributed by atoms with E-state index in [0.717, 1.165) is 5.56 Å². The molecule has 1 aromatic heterocycles. The van der Waals surface area contributed by atoms with E-state index in [-0.39, 0.29) is 15.9 Å². The molecule has 3 rings (SSSR count). The number of benzene rings is 1. The first-order chi connectivity index (χ1) is 12.1. The van der Waals surface area contributed by atoms with Crippen LogP contribution in [0, 0.1) is 12.3 Å². The Bertz CT molecular complexity index is 977. The Labute approximate surface area is 153 Å². The zero-order chi connectivity index (χ0) is 19.1. The van der Waals surface area contributed by atoms with Gasteiger partial charge in [0.2, 0.25) is 0 Å². The van der Waals surface area contributed by atoms with Gasteiger partial charge in [-0.3, -0.25) is 4.79 Å². The summed E-state index contributed by atoms with van der Waals surface area (Å²) < 4.78 is 36.7. The molecule has 1 fully saturated rings. The highest BCUT2D eigenvalue weighted by atomic mass is 32.2. The number of pyridine rings is 1. The summed E-state index contributed by atoms with van der Waals surface area (Å²) in [6, 6.07) is 6.58. The van der Waals surface area contributed by atoms with E-state index >= 15 is 0 Å². The normalized spacial score (nSPS) is 16.2. The Balaban J connectivity index is 2.08. The third-order valence-electron chi connectivity index (χ3n) is 4.53. The standard InChI is InChI=1S/C19H23NO5S/c1-13-7-14(9-20(3)18(13)21)16-8-15(26(4,22)23)5-6-17(16)25-12-19(2)10-24-11-19/h5-9H,10-12H2,1-4H3. The van der Waals surface area contributed by atoms with Crippen LogP contribution in [0.1, 0.15) is 12.5 Å². The molecular formula is C19H23NO5S. The molecule has 0 radical (unpaired) electrons. The molecule has 0 atom stereocenters. The SMILES string of the molecule is Cc1cc(-c2cc(S(C)(=O)=O)ccc2OCC2(C)COC2)cn(C)c1=O. The maximum Gasteiger partial charge on any atom is 0.253 e. The molecule has 6 nitrogen and oxygen atoms in total. The van der Waals surface area contributed by atoms with Gasteiger partial charge < -0.3 is 14.0 Å². The zero-order valence-electron chi connectivity index (χ0n) is 15.4. The molecule has 1 aromatic carbocycles. The van der Waals surface area contributed by atoms with Crippen molar-refractivity contribution in [3.8, 4) is 16.9 Å². The van der Waals surface area contributed by atoms with Crippen LogP contribution in [0.3, 0.4) is 0 Å². The number of ether oxygens (including phenoxy) is 2. The van der Waals surface area contributed by atoms with Crippen LogP contribution >= 0.6 is 0 Å². The second-order valence-corrected chi connectivity index (χ2v) is 9.37. The van der Waals surface area contributed by atoms with Gasteiger partial charge in [0.15, 0.2) is 9.84 Å². The molecule has 1 aliphatic rings. The van der Waals surface area contributed by atoms with Crippen molar-refractivity contribution in [3.63, 3.8) is 0 Å². The second-order valence-electron chi connectivity index (χ2n) is 7.35. The van der Waals surface area contributed by atoms with Crippen LogP contribution in [0.25, 0.3) is 11.1 Å². The molecule has 26 heavy (non-hydrogen) atoms. The average Bonchev–Trinajstić information content (AvgIpc) is 2.54. The van der Waals surface area contributed by atoms with Crippen molar-refractivity contribution in [3.05, 3.63) is 46.4 Å². The lowest BCUT2D eigenvalue weighted by Crippen LogP contribution is -2.44. The molecule has 0 bridgehead atoms. The highest BCUT2D eigenvalue weighted by Gasteiger charge is 2.34. The summed E-state index contributed by atoms with van der Waals surface area (Å²) in [7, 11) is -1.69. The van der Waals surface area contributed by atoms with Gasteiger partial charge in [-0.25, -0.2) is 8.42 Å². The summed E-state index contributed by atoms with van der Waals surface area (Å²) in [6.07, 6.45) is 2.86. The van der Waals surface area contributed by atoms with E-state index in [4.69, 9.17) is 9.47 Å². The fourth-order valence-electron chi connectivity index (χ4n) is 2.90. The van der Waals surface area contributed by atoms with Crippen LogP contribution in [0.4, 0.5) is 0 Å². The van der Waals surface area contributed by atoms with Crippen molar-refractivity contribution in [2.45, 2.75) is 18.7 Å². The molecule has 140 valence electrons. The summed E-state index contributed by atoms with van der Waals surface area (Å²) >= 11 is 0. The van der Waals surface area contributed by atoms with E-state index in [1.54, 1.807) is 44.4 Å². The van der Waals surface area contributed by atoms with Crippen LogP contribution in [0.5, 0.6) is 5.75 Å². The van der Waals surface area contributed by atoms with Crippen molar-refractivity contribution < 1.29 is 17.9 Å². The number of sulfone groups is 1. The molecule has 7 heteroatoms. The van der Waals surface area contributed by atoms with Crippen LogP contribution in [-0.2, 0) is 21.6 Å². The first kappa shape index (κ1) is 18.7. The molecule has 1 aliphatic heterocycles. The average molecular weight is 377 g/mol. The van der Waals surface area contributed by atoms with Gasteiger partial charge >= 0.3 is 0 Å². The Morgan fingerprint density at radius 2 is 1.96 bits per heavy atom. The van der Waals surface area contributed by atoms with Gasteiger partial charge in [0.05, 0.1) is 24.7 Å². The molecule has 0 aliphatic carbocycles. The minimum absolute atomic E-state index is 0.0355. The van der Waals surface area contributed by atoms with Gasteiger partial charge in [-0.05, 0) is 31.2 Å². The van der Waals surface area contributed by atoms with Crippen molar-refractivity contribution in [2.75, 3.05) is 26.1 Å². The summed E-state index contributed by atoms with van der Waals surface area (Å²) in [5.41, 5.74) is 1.84. The molecule has 2 aromatic rings. The second kappa shape index (κ2) is 6.55. The molecule has 0 unspecified atom stereocenters. The zero-order valence-corrected chi connectivity index (χ0v) is 16.2. The first-order valence-corrected chi connectivity index (χ1v) is 10.2. The lowest BCUT2D eigenvalue weighted by Gasteiger charge is -2.37.